The Hall–Kier alpha value is -7.58. The van der Waals surface area contributed by atoms with Crippen molar-refractivity contribution in [2.75, 3.05) is 0 Å². The van der Waals surface area contributed by atoms with Crippen molar-refractivity contribution in [3.8, 4) is 23.0 Å². The molecule has 4 N–H and O–H groups in total. The molecule has 0 saturated heterocycles. The molecule has 0 aromatic heterocycles. The molecule has 8 rings (SSSR count). The summed E-state index contributed by atoms with van der Waals surface area (Å²) < 4.78 is 0. The number of fused-ring (bicyclic) bond motifs is 3. The number of aliphatic imine (C=N–C) groups is 4. The van der Waals surface area contributed by atoms with E-state index in [1.54, 1.807) is 61.3 Å². The fourth-order valence-corrected chi connectivity index (χ4v) is 7.06. The van der Waals surface area contributed by atoms with Crippen LogP contribution >= 0.6 is 0 Å². The van der Waals surface area contributed by atoms with Gasteiger partial charge >= 0.3 is 0 Å². The molecule has 284 valence electrons. The Balaban J connectivity index is 1.17. The highest BCUT2D eigenvalue weighted by molar-refractivity contribution is 6.11. The zero-order valence-electron chi connectivity index (χ0n) is 32.4. The standard InChI is InChI=1S/C50H40N4O4/c1-29-21-43(51-25-39-35-11-7-5-9-33(35)13-17-47(39)55)45(23-31(29)3)53-27-41-37-15-20-50(58)42(38(37)16-19-49(41)57)28-54-46-24-32(4)30(2)22-44(46)52-26-40-36-12-8-6-10-34(36)14-18-48(40)56/h5-28,55-58H,1-4H3. The first-order chi connectivity index (χ1) is 28.0. The molecule has 0 unspecified atom stereocenters. The minimum Gasteiger partial charge on any atom is -0.507 e. The van der Waals surface area contributed by atoms with Gasteiger partial charge in [0.1, 0.15) is 23.0 Å². The molecule has 8 nitrogen and oxygen atoms in total. The zero-order chi connectivity index (χ0) is 40.5. The molecule has 0 bridgehead atoms. The van der Waals surface area contributed by atoms with E-state index in [1.165, 1.54) is 0 Å². The predicted molar refractivity (Wildman–Crippen MR) is 239 cm³/mol. The summed E-state index contributed by atoms with van der Waals surface area (Å²) >= 11 is 0. The second kappa shape index (κ2) is 15.5. The maximum Gasteiger partial charge on any atom is 0.124 e. The van der Waals surface area contributed by atoms with Crippen LogP contribution in [-0.4, -0.2) is 45.3 Å². The molecule has 0 heterocycles. The van der Waals surface area contributed by atoms with Crippen molar-refractivity contribution in [1.29, 1.82) is 0 Å². The van der Waals surface area contributed by atoms with Crippen molar-refractivity contribution in [3.63, 3.8) is 0 Å². The molecule has 0 aliphatic carbocycles. The summed E-state index contributed by atoms with van der Waals surface area (Å²) in [6, 6.07) is 37.1. The van der Waals surface area contributed by atoms with Crippen LogP contribution in [0.3, 0.4) is 0 Å². The Kier molecular flexibility index (Phi) is 9.99. The van der Waals surface area contributed by atoms with E-state index in [-0.39, 0.29) is 23.0 Å². The van der Waals surface area contributed by atoms with Gasteiger partial charge in [-0.2, -0.15) is 0 Å². The van der Waals surface area contributed by atoms with Crippen LogP contribution in [0.1, 0.15) is 44.5 Å². The number of phenols is 4. The number of nitrogens with zero attached hydrogens (tertiary/aromatic N) is 4. The molecule has 0 radical (unpaired) electrons. The van der Waals surface area contributed by atoms with Crippen LogP contribution in [0.4, 0.5) is 22.7 Å². The first kappa shape index (κ1) is 37.3. The van der Waals surface area contributed by atoms with Crippen LogP contribution in [-0.2, 0) is 0 Å². The fourth-order valence-electron chi connectivity index (χ4n) is 7.06. The van der Waals surface area contributed by atoms with Gasteiger partial charge in [0.2, 0.25) is 0 Å². The van der Waals surface area contributed by atoms with E-state index in [9.17, 15) is 20.4 Å². The lowest BCUT2D eigenvalue weighted by Crippen LogP contribution is -1.92. The van der Waals surface area contributed by atoms with Gasteiger partial charge in [0.25, 0.3) is 0 Å². The molecule has 0 amide bonds. The molecular formula is C50H40N4O4. The highest BCUT2D eigenvalue weighted by Crippen LogP contribution is 2.37. The maximum absolute atomic E-state index is 11.2. The quantitative estimate of drug-likeness (QED) is 0.115. The average Bonchev–Trinajstić information content (AvgIpc) is 3.22. The summed E-state index contributed by atoms with van der Waals surface area (Å²) in [5.74, 6) is 0.285. The number of phenolic OH excluding ortho intramolecular Hbond substituents is 4. The van der Waals surface area contributed by atoms with Crippen LogP contribution in [0.15, 0.2) is 141 Å². The Morgan fingerprint density at radius 3 is 0.931 bits per heavy atom. The van der Waals surface area contributed by atoms with Crippen molar-refractivity contribution in [2.24, 2.45) is 20.0 Å². The summed E-state index contributed by atoms with van der Waals surface area (Å²) in [5.41, 5.74) is 8.59. The highest BCUT2D eigenvalue weighted by Gasteiger charge is 2.14. The second-order valence-corrected chi connectivity index (χ2v) is 14.4. The van der Waals surface area contributed by atoms with Crippen molar-refractivity contribution in [1.82, 2.24) is 0 Å². The number of aromatic hydroxyl groups is 4. The van der Waals surface area contributed by atoms with Crippen LogP contribution in [0, 0.1) is 27.7 Å². The number of aryl methyl sites for hydroxylation is 4. The van der Waals surface area contributed by atoms with E-state index < -0.39 is 0 Å². The summed E-state index contributed by atoms with van der Waals surface area (Å²) in [6.07, 6.45) is 6.52. The normalized spacial score (nSPS) is 12.1. The lowest BCUT2D eigenvalue weighted by atomic mass is 9.99. The highest BCUT2D eigenvalue weighted by atomic mass is 16.3. The average molecular weight is 761 g/mol. The second-order valence-electron chi connectivity index (χ2n) is 14.4. The molecule has 0 fully saturated rings. The summed E-state index contributed by atoms with van der Waals surface area (Å²) in [4.78, 5) is 19.3. The Morgan fingerprint density at radius 2 is 0.603 bits per heavy atom. The molecule has 8 aromatic rings. The Labute approximate surface area is 335 Å². The number of hydrogen-bond acceptors (Lipinski definition) is 8. The van der Waals surface area contributed by atoms with Crippen molar-refractivity contribution >= 4 is 79.9 Å². The third-order valence-corrected chi connectivity index (χ3v) is 10.6. The molecule has 8 heteroatoms. The SMILES string of the molecule is Cc1cc(N=Cc2c(O)ccc3ccccc23)c(N=Cc2c(O)ccc3c(C=Nc4cc(C)c(C)cc4N=Cc4c(O)ccc5ccccc45)c(O)ccc23)cc1C. The maximum atomic E-state index is 11.2. The largest absolute Gasteiger partial charge is 0.507 e. The number of benzene rings is 8. The van der Waals surface area contributed by atoms with E-state index in [1.807, 2.05) is 113 Å². The van der Waals surface area contributed by atoms with Crippen LogP contribution in [0.2, 0.25) is 0 Å². The summed E-state index contributed by atoms with van der Waals surface area (Å²) in [6.45, 7) is 8.02. The lowest BCUT2D eigenvalue weighted by Gasteiger charge is -2.11. The third-order valence-electron chi connectivity index (χ3n) is 10.6. The molecule has 0 aliphatic rings. The van der Waals surface area contributed by atoms with Gasteiger partial charge in [-0.15, -0.1) is 0 Å². The smallest absolute Gasteiger partial charge is 0.124 e. The van der Waals surface area contributed by atoms with E-state index in [0.717, 1.165) is 43.8 Å². The van der Waals surface area contributed by atoms with Gasteiger partial charge in [0.05, 0.1) is 22.7 Å². The molecule has 0 spiro atoms. The first-order valence-electron chi connectivity index (χ1n) is 18.8. The van der Waals surface area contributed by atoms with E-state index in [2.05, 4.69) is 0 Å². The van der Waals surface area contributed by atoms with Gasteiger partial charge in [-0.3, -0.25) is 20.0 Å². The molecule has 0 saturated carbocycles. The number of hydrogen-bond donors (Lipinski definition) is 4. The summed E-state index contributed by atoms with van der Waals surface area (Å²) in [7, 11) is 0. The Bertz CT molecular complexity index is 2850. The van der Waals surface area contributed by atoms with Crippen LogP contribution in [0.25, 0.3) is 32.3 Å². The van der Waals surface area contributed by atoms with Gasteiger partial charge in [-0.1, -0.05) is 60.7 Å². The third kappa shape index (κ3) is 7.27. The van der Waals surface area contributed by atoms with Crippen LogP contribution < -0.4 is 0 Å². The van der Waals surface area contributed by atoms with Crippen molar-refractivity contribution in [3.05, 3.63) is 166 Å². The Morgan fingerprint density at radius 1 is 0.328 bits per heavy atom. The van der Waals surface area contributed by atoms with Gasteiger partial charge < -0.3 is 20.4 Å². The lowest BCUT2D eigenvalue weighted by molar-refractivity contribution is 0.473. The van der Waals surface area contributed by atoms with Gasteiger partial charge in [-0.05, 0) is 143 Å². The minimum atomic E-state index is 0.0156. The van der Waals surface area contributed by atoms with E-state index in [0.29, 0.717) is 55.8 Å². The first-order valence-corrected chi connectivity index (χ1v) is 18.8. The molecule has 8 aromatic carbocycles. The number of rotatable bonds is 8. The van der Waals surface area contributed by atoms with Gasteiger partial charge in [-0.25, -0.2) is 0 Å². The molecule has 0 aliphatic heterocycles. The van der Waals surface area contributed by atoms with E-state index in [4.69, 9.17) is 20.0 Å². The van der Waals surface area contributed by atoms with Gasteiger partial charge in [0, 0.05) is 47.1 Å². The van der Waals surface area contributed by atoms with Crippen molar-refractivity contribution in [2.45, 2.75) is 27.7 Å². The molecular weight excluding hydrogens is 721 g/mol. The fraction of sp³-hybridized carbons (Fsp3) is 0.0800. The van der Waals surface area contributed by atoms with Gasteiger partial charge in [0.15, 0.2) is 0 Å². The monoisotopic (exact) mass is 760 g/mol. The van der Waals surface area contributed by atoms with E-state index >= 15 is 0 Å². The zero-order valence-corrected chi connectivity index (χ0v) is 32.4. The molecule has 58 heavy (non-hydrogen) atoms. The topological polar surface area (TPSA) is 130 Å². The predicted octanol–water partition coefficient (Wildman–Crippen LogP) is 12.2. The molecule has 0 atom stereocenters. The van der Waals surface area contributed by atoms with Crippen molar-refractivity contribution < 1.29 is 20.4 Å². The minimum absolute atomic E-state index is 0.0156. The van der Waals surface area contributed by atoms with Crippen LogP contribution in [0.5, 0.6) is 23.0 Å². The summed E-state index contributed by atoms with van der Waals surface area (Å²) in [5, 5.41) is 48.8.